The molecule has 0 radical (unpaired) electrons. The lowest BCUT2D eigenvalue weighted by Gasteiger charge is -2.26. The highest BCUT2D eigenvalue weighted by Gasteiger charge is 2.21. The van der Waals surface area contributed by atoms with Crippen molar-refractivity contribution in [2.24, 2.45) is 4.99 Å². The van der Waals surface area contributed by atoms with Crippen molar-refractivity contribution < 1.29 is 9.13 Å². The largest absolute Gasteiger partial charge is 0.454 e. The van der Waals surface area contributed by atoms with Crippen LogP contribution in [-0.2, 0) is 6.54 Å². The molecule has 1 atom stereocenters. The van der Waals surface area contributed by atoms with E-state index in [-0.39, 0.29) is 16.5 Å². The summed E-state index contributed by atoms with van der Waals surface area (Å²) in [5, 5.41) is 5.94. The second kappa shape index (κ2) is 8.68. The molecule has 3 aromatic carbocycles. The molecule has 0 spiro atoms. The molecule has 1 heterocycles. The van der Waals surface area contributed by atoms with Crippen LogP contribution in [-0.4, -0.2) is 11.3 Å². The lowest BCUT2D eigenvalue weighted by Crippen LogP contribution is -2.31. The zero-order valence-electron chi connectivity index (χ0n) is 15.7. The molecular weight excluding hydrogens is 409 g/mol. The van der Waals surface area contributed by atoms with Gasteiger partial charge in [-0.15, -0.1) is 0 Å². The summed E-state index contributed by atoms with van der Waals surface area (Å²) in [5.74, 6) is 1.59. The molecule has 2 N–H and O–H groups in total. The van der Waals surface area contributed by atoms with Gasteiger partial charge in [-0.2, -0.15) is 0 Å². The van der Waals surface area contributed by atoms with Gasteiger partial charge in [0.15, 0.2) is 5.75 Å². The third-order valence-corrected chi connectivity index (χ3v) is 6.29. The molecule has 4 nitrogen and oxygen atoms in total. The van der Waals surface area contributed by atoms with Gasteiger partial charge < -0.3 is 14.8 Å². The number of nitrogens with zero attached hydrogens (tertiary/aromatic N) is 1. The molecule has 0 bridgehead atoms. The Kier molecular flexibility index (Phi) is 5.83. The fourth-order valence-corrected chi connectivity index (χ4v) is 4.49. The van der Waals surface area contributed by atoms with E-state index in [0.717, 1.165) is 16.1 Å². The molecule has 3 aromatic rings. The minimum atomic E-state index is -0.348. The van der Waals surface area contributed by atoms with Gasteiger partial charge >= 0.3 is 0 Å². The Balaban J connectivity index is 1.66. The lowest BCUT2D eigenvalue weighted by molar-refractivity contribution is 0.484. The molecule has 1 aliphatic rings. The molecule has 0 fully saturated rings. The van der Waals surface area contributed by atoms with Crippen molar-refractivity contribution in [3.8, 4) is 11.5 Å². The number of guanidine groups is 1. The van der Waals surface area contributed by atoms with Crippen molar-refractivity contribution >= 4 is 39.3 Å². The van der Waals surface area contributed by atoms with E-state index in [9.17, 15) is 4.39 Å². The highest BCUT2D eigenvalue weighted by Crippen LogP contribution is 2.42. The van der Waals surface area contributed by atoms with Crippen LogP contribution in [0.25, 0.3) is 0 Å². The molecule has 4 rings (SSSR count). The predicted octanol–water partition coefficient (Wildman–Crippen LogP) is 6.21. The van der Waals surface area contributed by atoms with Crippen molar-refractivity contribution in [2.75, 3.05) is 5.32 Å². The molecular formula is C22H19ClFN3OS. The standard InChI is InChI=1S/C22H19ClFN3OS/c1-2-29-20-12-6-11-19(28-18-10-4-3-9-17(18)23)21(20)26-22(27-29)25-14-15-7-5-8-16(24)13-15/h2-13H,14H2,1H3,(H2,25,26,27). The average Bonchev–Trinajstić information content (AvgIpc) is 2.73. The topological polar surface area (TPSA) is 45.7 Å². The zero-order chi connectivity index (χ0) is 20.2. The van der Waals surface area contributed by atoms with Crippen LogP contribution in [0.2, 0.25) is 5.02 Å². The van der Waals surface area contributed by atoms with Crippen molar-refractivity contribution in [1.29, 1.82) is 0 Å². The van der Waals surface area contributed by atoms with E-state index >= 15 is 0 Å². The monoisotopic (exact) mass is 427 g/mol. The summed E-state index contributed by atoms with van der Waals surface area (Å²) in [5.41, 5.74) is 1.64. The summed E-state index contributed by atoms with van der Waals surface area (Å²) in [4.78, 5) is 5.66. The van der Waals surface area contributed by atoms with Gasteiger partial charge in [0.2, 0.25) is 5.96 Å². The number of hydrogen-bond donors (Lipinski definition) is 2. The second-order valence-corrected chi connectivity index (χ2v) is 8.46. The van der Waals surface area contributed by atoms with Gasteiger partial charge in [0.25, 0.3) is 0 Å². The first-order valence-electron chi connectivity index (χ1n) is 9.04. The molecule has 0 amide bonds. The van der Waals surface area contributed by atoms with Crippen molar-refractivity contribution in [2.45, 2.75) is 18.4 Å². The average molecular weight is 428 g/mol. The van der Waals surface area contributed by atoms with Crippen LogP contribution in [0, 0.1) is 5.82 Å². The van der Waals surface area contributed by atoms with Crippen LogP contribution >= 0.6 is 22.3 Å². The Morgan fingerprint density at radius 3 is 2.66 bits per heavy atom. The summed E-state index contributed by atoms with van der Waals surface area (Å²) in [6, 6.07) is 19.7. The van der Waals surface area contributed by atoms with Gasteiger partial charge in [-0.05, 0) is 54.3 Å². The van der Waals surface area contributed by atoms with Crippen LogP contribution in [0.5, 0.6) is 11.5 Å². The van der Waals surface area contributed by atoms with Crippen molar-refractivity contribution in [3.63, 3.8) is 0 Å². The smallest absolute Gasteiger partial charge is 0.206 e. The van der Waals surface area contributed by atoms with Crippen LogP contribution in [0.15, 0.2) is 76.6 Å². The zero-order valence-corrected chi connectivity index (χ0v) is 17.2. The number of hydrogen-bond acceptors (Lipinski definition) is 2. The van der Waals surface area contributed by atoms with Gasteiger partial charge in [-0.3, -0.25) is 0 Å². The Bertz CT molecular complexity index is 1120. The van der Waals surface area contributed by atoms with E-state index in [1.54, 1.807) is 12.1 Å². The summed E-state index contributed by atoms with van der Waals surface area (Å²) in [7, 11) is -0.348. The van der Waals surface area contributed by atoms with Crippen LogP contribution in [0.3, 0.4) is 0 Å². The minimum Gasteiger partial charge on any atom is -0.454 e. The maximum atomic E-state index is 13.4. The number of nitrogens with one attached hydrogen (secondary N) is 2. The molecule has 1 unspecified atom stereocenters. The fraction of sp³-hybridized carbons (Fsp3) is 0.0909. The van der Waals surface area contributed by atoms with E-state index in [1.165, 1.54) is 12.1 Å². The quantitative estimate of drug-likeness (QED) is 0.487. The van der Waals surface area contributed by atoms with Crippen LogP contribution in [0.1, 0.15) is 12.5 Å². The number of rotatable bonds is 4. The van der Waals surface area contributed by atoms with Gasteiger partial charge in [0.1, 0.15) is 11.6 Å². The third kappa shape index (κ3) is 4.44. The molecule has 0 saturated carbocycles. The molecule has 1 aliphatic heterocycles. The highest BCUT2D eigenvalue weighted by atomic mass is 35.5. The van der Waals surface area contributed by atoms with Crippen LogP contribution in [0.4, 0.5) is 10.1 Å². The number of halogens is 2. The molecule has 7 heteroatoms. The van der Waals surface area contributed by atoms with E-state index in [0.29, 0.717) is 29.0 Å². The molecule has 0 saturated heterocycles. The van der Waals surface area contributed by atoms with E-state index in [4.69, 9.17) is 16.3 Å². The van der Waals surface area contributed by atoms with Crippen LogP contribution < -0.4 is 14.8 Å². The maximum absolute atomic E-state index is 13.4. The molecule has 148 valence electrons. The SMILES string of the molecule is C/C=S1\NC(=NCc2cccc(F)c2)Nc2c(Oc3ccccc3Cl)cccc21. The summed E-state index contributed by atoms with van der Waals surface area (Å²) >= 11 is 6.26. The molecule has 0 aliphatic carbocycles. The first-order valence-corrected chi connectivity index (χ1v) is 10.7. The lowest BCUT2D eigenvalue weighted by atomic mass is 10.2. The third-order valence-electron chi connectivity index (χ3n) is 4.28. The number of ether oxygens (including phenoxy) is 1. The van der Waals surface area contributed by atoms with Gasteiger partial charge in [-0.1, -0.05) is 52.6 Å². The van der Waals surface area contributed by atoms with E-state index < -0.39 is 0 Å². The Hall–Kier alpha value is -2.83. The molecule has 29 heavy (non-hydrogen) atoms. The van der Waals surface area contributed by atoms with E-state index in [2.05, 4.69) is 20.4 Å². The minimum absolute atomic E-state index is 0.269. The Morgan fingerprint density at radius 1 is 1.07 bits per heavy atom. The Morgan fingerprint density at radius 2 is 1.86 bits per heavy atom. The Labute approximate surface area is 176 Å². The molecule has 0 aromatic heterocycles. The van der Waals surface area contributed by atoms with Crippen molar-refractivity contribution in [1.82, 2.24) is 4.72 Å². The normalized spacial score (nSPS) is 16.8. The van der Waals surface area contributed by atoms with Gasteiger partial charge in [0.05, 0.1) is 17.3 Å². The number of anilines is 1. The number of benzene rings is 3. The first-order chi connectivity index (χ1) is 14.1. The van der Waals surface area contributed by atoms with Crippen molar-refractivity contribution in [3.05, 3.63) is 83.1 Å². The van der Waals surface area contributed by atoms with Gasteiger partial charge in [0, 0.05) is 4.90 Å². The van der Waals surface area contributed by atoms with E-state index in [1.807, 2.05) is 49.4 Å². The predicted molar refractivity (Wildman–Crippen MR) is 120 cm³/mol. The first kappa shape index (κ1) is 19.5. The summed E-state index contributed by atoms with van der Waals surface area (Å²) in [6.45, 7) is 2.36. The fourth-order valence-electron chi connectivity index (χ4n) is 2.91. The number of aliphatic imine (C=N–C) groups is 1. The summed E-state index contributed by atoms with van der Waals surface area (Å²) < 4.78 is 22.9. The van der Waals surface area contributed by atoms with Gasteiger partial charge in [-0.25, -0.2) is 9.38 Å². The number of para-hydroxylation sites is 2. The number of fused-ring (bicyclic) bond motifs is 1. The highest BCUT2D eigenvalue weighted by molar-refractivity contribution is 8.14. The summed E-state index contributed by atoms with van der Waals surface area (Å²) in [6.07, 6.45) is 0. The second-order valence-electron chi connectivity index (χ2n) is 6.26. The maximum Gasteiger partial charge on any atom is 0.206 e.